The maximum absolute atomic E-state index is 11.7. The van der Waals surface area contributed by atoms with Gasteiger partial charge in [-0.1, -0.05) is 24.3 Å². The Labute approximate surface area is 108 Å². The van der Waals surface area contributed by atoms with Crippen LogP contribution in [-0.2, 0) is 17.6 Å². The van der Waals surface area contributed by atoms with Gasteiger partial charge in [-0.3, -0.25) is 4.79 Å². The van der Waals surface area contributed by atoms with Crippen molar-refractivity contribution >= 4 is 5.91 Å². The van der Waals surface area contributed by atoms with Crippen LogP contribution in [0.25, 0.3) is 0 Å². The van der Waals surface area contributed by atoms with E-state index in [4.69, 9.17) is 5.73 Å². The summed E-state index contributed by atoms with van der Waals surface area (Å²) in [5, 5.41) is 3.02. The van der Waals surface area contributed by atoms with Crippen molar-refractivity contribution in [2.45, 2.75) is 50.1 Å². The molecule has 0 spiro atoms. The van der Waals surface area contributed by atoms with Gasteiger partial charge >= 0.3 is 0 Å². The Morgan fingerprint density at radius 1 is 1.33 bits per heavy atom. The second kappa shape index (κ2) is 4.39. The fourth-order valence-corrected chi connectivity index (χ4v) is 2.29. The number of carbonyl (C=O) groups is 1. The van der Waals surface area contributed by atoms with Crippen LogP contribution in [0.3, 0.4) is 0 Å². The molecule has 2 saturated carbocycles. The van der Waals surface area contributed by atoms with Gasteiger partial charge in [0.05, 0.1) is 6.42 Å². The number of amides is 1. The van der Waals surface area contributed by atoms with E-state index >= 15 is 0 Å². The summed E-state index contributed by atoms with van der Waals surface area (Å²) in [7, 11) is 0. The first-order valence-corrected chi connectivity index (χ1v) is 6.79. The van der Waals surface area contributed by atoms with E-state index in [1.807, 2.05) is 12.1 Å². The molecule has 0 atom stereocenters. The van der Waals surface area contributed by atoms with E-state index in [2.05, 4.69) is 17.4 Å². The third-order valence-electron chi connectivity index (χ3n) is 3.75. The predicted molar refractivity (Wildman–Crippen MR) is 71.2 cm³/mol. The van der Waals surface area contributed by atoms with Crippen LogP contribution < -0.4 is 11.1 Å². The third kappa shape index (κ3) is 3.10. The van der Waals surface area contributed by atoms with E-state index in [-0.39, 0.29) is 11.4 Å². The minimum absolute atomic E-state index is 0.0366. The van der Waals surface area contributed by atoms with E-state index in [1.165, 1.54) is 5.56 Å². The fourth-order valence-electron chi connectivity index (χ4n) is 2.29. The van der Waals surface area contributed by atoms with E-state index in [9.17, 15) is 4.79 Å². The number of nitrogens with two attached hydrogens (primary N) is 1. The molecule has 2 aliphatic rings. The van der Waals surface area contributed by atoms with Crippen LogP contribution in [0.5, 0.6) is 0 Å². The monoisotopic (exact) mass is 244 g/mol. The lowest BCUT2D eigenvalue weighted by Crippen LogP contribution is -2.27. The van der Waals surface area contributed by atoms with Crippen molar-refractivity contribution in [1.29, 1.82) is 0 Å². The van der Waals surface area contributed by atoms with Crippen LogP contribution in [0, 0.1) is 0 Å². The molecule has 0 bridgehead atoms. The molecule has 0 radical (unpaired) electrons. The number of hydrogen-bond donors (Lipinski definition) is 2. The van der Waals surface area contributed by atoms with Gasteiger partial charge in [-0.15, -0.1) is 0 Å². The van der Waals surface area contributed by atoms with E-state index in [0.717, 1.165) is 37.7 Å². The van der Waals surface area contributed by atoms with Crippen molar-refractivity contribution in [3.8, 4) is 0 Å². The number of benzene rings is 1. The highest BCUT2D eigenvalue weighted by atomic mass is 16.1. The first-order chi connectivity index (χ1) is 8.63. The van der Waals surface area contributed by atoms with E-state index < -0.39 is 0 Å². The summed E-state index contributed by atoms with van der Waals surface area (Å²) >= 11 is 0. The third-order valence-corrected chi connectivity index (χ3v) is 3.75. The van der Waals surface area contributed by atoms with Crippen molar-refractivity contribution < 1.29 is 4.79 Å². The van der Waals surface area contributed by atoms with Crippen molar-refractivity contribution in [2.24, 2.45) is 5.73 Å². The fraction of sp³-hybridized carbons (Fsp3) is 0.533. The van der Waals surface area contributed by atoms with Gasteiger partial charge in [0.25, 0.3) is 0 Å². The van der Waals surface area contributed by atoms with E-state index in [1.54, 1.807) is 0 Å². The second-order valence-electron chi connectivity index (χ2n) is 5.88. The van der Waals surface area contributed by atoms with Gasteiger partial charge in [0.2, 0.25) is 5.91 Å². The first-order valence-electron chi connectivity index (χ1n) is 6.79. The van der Waals surface area contributed by atoms with Gasteiger partial charge in [-0.2, -0.15) is 0 Å². The molecule has 3 heteroatoms. The predicted octanol–water partition coefficient (Wildman–Crippen LogP) is 1.54. The quantitative estimate of drug-likeness (QED) is 0.825. The molecule has 1 aromatic carbocycles. The minimum atomic E-state index is 0.0366. The summed E-state index contributed by atoms with van der Waals surface area (Å²) in [5.41, 5.74) is 8.51. The molecule has 0 saturated heterocycles. The summed E-state index contributed by atoms with van der Waals surface area (Å²) in [5.74, 6) is 0.142. The number of carbonyl (C=O) groups excluding carboxylic acids is 1. The molecule has 2 fully saturated rings. The Morgan fingerprint density at radius 3 is 2.72 bits per heavy atom. The van der Waals surface area contributed by atoms with Crippen molar-refractivity contribution in [1.82, 2.24) is 5.32 Å². The molecule has 3 nitrogen and oxygen atoms in total. The first kappa shape index (κ1) is 11.7. The Balaban J connectivity index is 1.60. The summed E-state index contributed by atoms with van der Waals surface area (Å²) in [6.07, 6.45) is 5.95. The molecule has 1 aromatic rings. The van der Waals surface area contributed by atoms with Crippen LogP contribution in [0.15, 0.2) is 24.3 Å². The van der Waals surface area contributed by atoms with Crippen molar-refractivity contribution in [3.05, 3.63) is 35.4 Å². The largest absolute Gasteiger partial charge is 0.353 e. The molecule has 3 N–H and O–H groups in total. The Hall–Kier alpha value is -1.35. The highest BCUT2D eigenvalue weighted by Gasteiger charge is 2.37. The standard InChI is InChI=1S/C15H20N2O/c16-15(6-7-15)10-12-3-1-2-11(8-12)9-14(18)17-13-4-5-13/h1-3,8,13H,4-7,9-10,16H2,(H,17,18). The molecule has 96 valence electrons. The van der Waals surface area contributed by atoms with Gasteiger partial charge in [0, 0.05) is 11.6 Å². The van der Waals surface area contributed by atoms with Crippen molar-refractivity contribution in [3.63, 3.8) is 0 Å². The van der Waals surface area contributed by atoms with Crippen molar-refractivity contribution in [2.75, 3.05) is 0 Å². The minimum Gasteiger partial charge on any atom is -0.353 e. The van der Waals surface area contributed by atoms with Gasteiger partial charge in [-0.05, 0) is 43.2 Å². The average molecular weight is 244 g/mol. The Bertz CT molecular complexity index is 461. The van der Waals surface area contributed by atoms with Crippen LogP contribution in [-0.4, -0.2) is 17.5 Å². The topological polar surface area (TPSA) is 55.1 Å². The van der Waals surface area contributed by atoms with E-state index in [0.29, 0.717) is 12.5 Å². The number of rotatable bonds is 5. The second-order valence-corrected chi connectivity index (χ2v) is 5.88. The Kier molecular flexibility index (Phi) is 2.86. The SMILES string of the molecule is NC1(Cc2cccc(CC(=O)NC3CC3)c2)CC1. The normalized spacial score (nSPS) is 20.5. The molecule has 0 aromatic heterocycles. The summed E-state index contributed by atoms with van der Waals surface area (Å²) in [4.78, 5) is 11.7. The van der Waals surface area contributed by atoms with Gasteiger partial charge < -0.3 is 11.1 Å². The highest BCUT2D eigenvalue weighted by molar-refractivity contribution is 5.79. The maximum Gasteiger partial charge on any atom is 0.224 e. The average Bonchev–Trinajstić information content (AvgIpc) is 3.20. The van der Waals surface area contributed by atoms with Crippen LogP contribution >= 0.6 is 0 Å². The lowest BCUT2D eigenvalue weighted by molar-refractivity contribution is -0.120. The highest BCUT2D eigenvalue weighted by Crippen LogP contribution is 2.35. The molecule has 3 rings (SSSR count). The molecule has 1 amide bonds. The molecule has 0 heterocycles. The molecular formula is C15H20N2O. The molecular weight excluding hydrogens is 224 g/mol. The molecule has 2 aliphatic carbocycles. The summed E-state index contributed by atoms with van der Waals surface area (Å²) in [6, 6.07) is 8.72. The molecule has 0 aliphatic heterocycles. The van der Waals surface area contributed by atoms with Gasteiger partial charge in [-0.25, -0.2) is 0 Å². The maximum atomic E-state index is 11.7. The van der Waals surface area contributed by atoms with Crippen LogP contribution in [0.2, 0.25) is 0 Å². The number of nitrogens with one attached hydrogen (secondary N) is 1. The number of hydrogen-bond acceptors (Lipinski definition) is 2. The lowest BCUT2D eigenvalue weighted by atomic mass is 10.0. The Morgan fingerprint density at radius 2 is 2.06 bits per heavy atom. The lowest BCUT2D eigenvalue weighted by Gasteiger charge is -2.10. The van der Waals surface area contributed by atoms with Crippen LogP contribution in [0.1, 0.15) is 36.8 Å². The zero-order valence-electron chi connectivity index (χ0n) is 10.6. The zero-order valence-corrected chi connectivity index (χ0v) is 10.6. The molecule has 18 heavy (non-hydrogen) atoms. The van der Waals surface area contributed by atoms with Crippen LogP contribution in [0.4, 0.5) is 0 Å². The summed E-state index contributed by atoms with van der Waals surface area (Å²) in [6.45, 7) is 0. The van der Waals surface area contributed by atoms with Gasteiger partial charge in [0.15, 0.2) is 0 Å². The summed E-state index contributed by atoms with van der Waals surface area (Å²) < 4.78 is 0. The van der Waals surface area contributed by atoms with Gasteiger partial charge in [0.1, 0.15) is 0 Å². The zero-order chi connectivity index (χ0) is 12.6. The smallest absolute Gasteiger partial charge is 0.224 e. The molecule has 0 unspecified atom stereocenters.